The highest BCUT2D eigenvalue weighted by molar-refractivity contribution is 6.33. The number of rotatable bonds is 7. The minimum atomic E-state index is -4.67. The summed E-state index contributed by atoms with van der Waals surface area (Å²) in [5, 5.41) is 27.4. The number of amides is 2. The Bertz CT molecular complexity index is 2700. The normalized spacial score (nSPS) is 22.7. The van der Waals surface area contributed by atoms with Crippen LogP contribution in [0.5, 0.6) is 5.75 Å². The number of nitrogens with one attached hydrogen (secondary N) is 1. The van der Waals surface area contributed by atoms with Gasteiger partial charge in [-0.2, -0.15) is 22.7 Å². The van der Waals surface area contributed by atoms with Gasteiger partial charge in [0.2, 0.25) is 11.7 Å². The van der Waals surface area contributed by atoms with Crippen LogP contribution in [0, 0.1) is 6.92 Å². The van der Waals surface area contributed by atoms with E-state index in [0.717, 1.165) is 54.6 Å². The van der Waals surface area contributed by atoms with Gasteiger partial charge in [-0.3, -0.25) is 19.3 Å². The lowest BCUT2D eigenvalue weighted by molar-refractivity contribution is -0.143. The van der Waals surface area contributed by atoms with Crippen molar-refractivity contribution in [2.75, 3.05) is 49.5 Å². The lowest BCUT2D eigenvalue weighted by atomic mass is 9.83. The van der Waals surface area contributed by atoms with Crippen LogP contribution in [-0.4, -0.2) is 118 Å². The van der Waals surface area contributed by atoms with Gasteiger partial charge in [-0.1, -0.05) is 11.6 Å². The Labute approximate surface area is 362 Å². The SMILES string of the molecule is Cc1ncnc(C(=O)N2CC[C@]3(O[C@H](C)c4c3c(=O)n3nc(-c5ccc(N6CCC(N7CC(C)(O)C7)CC6)cc5)nc3n4CC(=O)Nc3ccc(C(F)(F)F)cc3Cl)[C@@H](F)C2)c1O. The third-order valence-corrected chi connectivity index (χ3v) is 12.9. The highest BCUT2D eigenvalue weighted by Gasteiger charge is 2.57. The summed E-state index contributed by atoms with van der Waals surface area (Å²) < 4.78 is 65.7. The summed E-state index contributed by atoms with van der Waals surface area (Å²) in [4.78, 5) is 60.2. The number of fused-ring (bicyclic) bond motifs is 3. The average Bonchev–Trinajstić information content (AvgIpc) is 3.81. The molecule has 16 nitrogen and oxygen atoms in total. The maximum absolute atomic E-state index is 16.9. The standard InChI is InChI=1S/C42H43ClF4N10O6/c1-22-35(59)33(49-21-48-22)38(61)54-15-12-41(30(44)17-54)32-34(23(2)63-41)56(18-31(58)50-29-9-6-25(16-28(29)43)42(45,46)47)39-51-36(52-57(39)37(32)60)24-4-7-26(8-5-24)53-13-10-27(11-14-53)55-19-40(3,62)20-55/h4-9,16,21,23,27,30,59,62H,10-15,17-20H2,1-3H3,(H,50,58)/t23-,30+,41+/m1/s1. The predicted octanol–water partition coefficient (Wildman–Crippen LogP) is 4.88. The van der Waals surface area contributed by atoms with Crippen molar-refractivity contribution < 1.29 is 42.1 Å². The molecule has 332 valence electrons. The summed E-state index contributed by atoms with van der Waals surface area (Å²) in [5.41, 5.74) is -3.00. The number of anilines is 2. The molecule has 2 amide bonds. The second kappa shape index (κ2) is 15.5. The molecule has 1 spiro atoms. The number of alkyl halides is 4. The molecule has 0 saturated carbocycles. The molecule has 0 unspecified atom stereocenters. The number of carbonyl (C=O) groups is 2. The summed E-state index contributed by atoms with van der Waals surface area (Å²) >= 11 is 6.17. The van der Waals surface area contributed by atoms with Crippen molar-refractivity contribution >= 4 is 40.6 Å². The molecule has 0 radical (unpaired) electrons. The molecule has 2 aromatic carbocycles. The largest absolute Gasteiger partial charge is 0.504 e. The third-order valence-electron chi connectivity index (χ3n) is 12.5. The fourth-order valence-electron chi connectivity index (χ4n) is 9.39. The van der Waals surface area contributed by atoms with E-state index in [2.05, 4.69) is 30.2 Å². The van der Waals surface area contributed by atoms with Crippen molar-refractivity contribution in [1.29, 1.82) is 0 Å². The van der Waals surface area contributed by atoms with Crippen molar-refractivity contribution in [3.63, 3.8) is 0 Å². The van der Waals surface area contributed by atoms with Crippen molar-refractivity contribution in [2.24, 2.45) is 0 Å². The number of likely N-dealkylation sites (tertiary alicyclic amines) is 2. The van der Waals surface area contributed by atoms with E-state index in [-0.39, 0.29) is 57.9 Å². The van der Waals surface area contributed by atoms with Crippen LogP contribution in [0.4, 0.5) is 28.9 Å². The molecule has 4 aliphatic rings. The Hall–Kier alpha value is -5.70. The smallest absolute Gasteiger partial charge is 0.416 e. The minimum Gasteiger partial charge on any atom is -0.504 e. The maximum Gasteiger partial charge on any atom is 0.416 e. The zero-order valence-corrected chi connectivity index (χ0v) is 35.1. The molecule has 3 N–H and O–H groups in total. The van der Waals surface area contributed by atoms with Gasteiger partial charge in [0.05, 0.1) is 51.5 Å². The van der Waals surface area contributed by atoms with E-state index >= 15 is 4.39 Å². The molecule has 3 atom stereocenters. The fraction of sp³-hybridized carbons (Fsp3) is 0.452. The molecule has 3 saturated heterocycles. The molecule has 3 aromatic heterocycles. The number of aryl methyl sites for hydroxylation is 1. The second-order valence-electron chi connectivity index (χ2n) is 17.0. The predicted molar refractivity (Wildman–Crippen MR) is 220 cm³/mol. The Morgan fingerprint density at radius 1 is 1.06 bits per heavy atom. The monoisotopic (exact) mass is 894 g/mol. The second-order valence-corrected chi connectivity index (χ2v) is 17.4. The van der Waals surface area contributed by atoms with Crippen LogP contribution in [0.1, 0.15) is 72.2 Å². The van der Waals surface area contributed by atoms with Gasteiger partial charge in [0, 0.05) is 56.4 Å². The van der Waals surface area contributed by atoms with Gasteiger partial charge in [-0.05, 0) is 76.1 Å². The Balaban J connectivity index is 1.05. The topological polar surface area (TPSA) is 184 Å². The van der Waals surface area contributed by atoms with Gasteiger partial charge >= 0.3 is 6.18 Å². The number of halogens is 5. The number of aromatic hydroxyl groups is 1. The van der Waals surface area contributed by atoms with Crippen LogP contribution in [0.25, 0.3) is 17.2 Å². The number of benzene rings is 2. The van der Waals surface area contributed by atoms with Gasteiger partial charge in [-0.25, -0.2) is 14.4 Å². The molecule has 3 fully saturated rings. The van der Waals surface area contributed by atoms with Gasteiger partial charge < -0.3 is 34.6 Å². The van der Waals surface area contributed by atoms with Crippen molar-refractivity contribution in [3.05, 3.63) is 92.4 Å². The molecule has 4 aliphatic heterocycles. The van der Waals surface area contributed by atoms with Crippen LogP contribution < -0.4 is 15.8 Å². The van der Waals surface area contributed by atoms with E-state index in [9.17, 15) is 37.8 Å². The first-order chi connectivity index (χ1) is 29.8. The molecule has 63 heavy (non-hydrogen) atoms. The zero-order valence-electron chi connectivity index (χ0n) is 34.4. The van der Waals surface area contributed by atoms with Crippen molar-refractivity contribution in [3.8, 4) is 17.1 Å². The van der Waals surface area contributed by atoms with Crippen LogP contribution in [-0.2, 0) is 27.9 Å². The van der Waals surface area contributed by atoms with Gasteiger partial charge in [0.15, 0.2) is 23.4 Å². The summed E-state index contributed by atoms with van der Waals surface area (Å²) in [7, 11) is 0. The highest BCUT2D eigenvalue weighted by Crippen LogP contribution is 2.49. The zero-order chi connectivity index (χ0) is 44.7. The summed E-state index contributed by atoms with van der Waals surface area (Å²) in [6.07, 6.45) is -4.84. The summed E-state index contributed by atoms with van der Waals surface area (Å²) in [6.45, 7) is 6.70. The first kappa shape index (κ1) is 42.6. The summed E-state index contributed by atoms with van der Waals surface area (Å²) in [6, 6.07) is 10.4. The molecular weight excluding hydrogens is 852 g/mol. The fourth-order valence-corrected chi connectivity index (χ4v) is 9.62. The maximum atomic E-state index is 16.9. The third kappa shape index (κ3) is 7.55. The van der Waals surface area contributed by atoms with Crippen molar-refractivity contribution in [2.45, 2.75) is 82.3 Å². The van der Waals surface area contributed by atoms with E-state index in [1.54, 1.807) is 6.92 Å². The number of nitrogens with zero attached hydrogens (tertiary/aromatic N) is 9. The molecule has 21 heteroatoms. The van der Waals surface area contributed by atoms with Crippen LogP contribution >= 0.6 is 11.6 Å². The molecule has 0 aliphatic carbocycles. The average molecular weight is 895 g/mol. The summed E-state index contributed by atoms with van der Waals surface area (Å²) in [5.74, 6) is -1.89. The first-order valence-corrected chi connectivity index (χ1v) is 20.9. The number of aromatic nitrogens is 6. The molecular formula is C42H43ClF4N10O6. The number of piperidine rings is 2. The van der Waals surface area contributed by atoms with E-state index in [4.69, 9.17) is 21.3 Å². The minimum absolute atomic E-state index is 0.0799. The van der Waals surface area contributed by atoms with Crippen molar-refractivity contribution in [1.82, 2.24) is 38.9 Å². The van der Waals surface area contributed by atoms with E-state index in [0.29, 0.717) is 30.8 Å². The van der Waals surface area contributed by atoms with E-state index < -0.39 is 71.4 Å². The Morgan fingerprint density at radius 2 is 1.78 bits per heavy atom. The van der Waals surface area contributed by atoms with Crippen LogP contribution in [0.2, 0.25) is 5.02 Å². The number of aliphatic hydroxyl groups is 1. The first-order valence-electron chi connectivity index (χ1n) is 20.5. The van der Waals surface area contributed by atoms with Crippen LogP contribution in [0.15, 0.2) is 53.6 Å². The molecule has 9 rings (SSSR count). The number of hydrogen-bond acceptors (Lipinski definition) is 12. The van der Waals surface area contributed by atoms with Gasteiger partial charge in [-0.15, -0.1) is 5.10 Å². The molecule has 5 aromatic rings. The lowest BCUT2D eigenvalue weighted by Crippen LogP contribution is -2.64. The Morgan fingerprint density at radius 3 is 2.43 bits per heavy atom. The van der Waals surface area contributed by atoms with Gasteiger partial charge in [0.25, 0.3) is 11.5 Å². The van der Waals surface area contributed by atoms with E-state index in [1.165, 1.54) is 16.4 Å². The number of ether oxygens (including phenoxy) is 1. The number of β-amino-alcohol motifs (C(OH)–C–C–N with tert-alkyl or cyclic N) is 1. The number of carbonyl (C=O) groups excluding carboxylic acids is 2. The molecule has 0 bridgehead atoms. The highest BCUT2D eigenvalue weighted by atomic mass is 35.5. The number of hydrogen-bond donors (Lipinski definition) is 3. The lowest BCUT2D eigenvalue weighted by Gasteiger charge is -2.50. The molecule has 7 heterocycles. The quantitative estimate of drug-likeness (QED) is 0.189. The van der Waals surface area contributed by atoms with Gasteiger partial charge in [0.1, 0.15) is 18.5 Å². The van der Waals surface area contributed by atoms with Crippen LogP contribution in [0.3, 0.4) is 0 Å². The Kier molecular flexibility index (Phi) is 10.5. The van der Waals surface area contributed by atoms with E-state index in [1.807, 2.05) is 31.2 Å².